The van der Waals surface area contributed by atoms with Crippen LogP contribution in [0.3, 0.4) is 0 Å². The molecule has 1 aliphatic carbocycles. The van der Waals surface area contributed by atoms with Crippen molar-refractivity contribution in [3.8, 4) is 0 Å². The van der Waals surface area contributed by atoms with Crippen LogP contribution in [0, 0.1) is 0 Å². The lowest BCUT2D eigenvalue weighted by Gasteiger charge is -2.31. The standard InChI is InChI=1S/C12H19N3O3S2.ClH/c13-12(6-2-1-3-7-12)11(16)15-8-9-4-5-10(19-9)20(14,17)18;/h4-5H,1-3,6-8,13H2,(H,15,16)(H2,14,17,18);1H. The molecule has 0 spiro atoms. The quantitative estimate of drug-likeness (QED) is 0.751. The van der Waals surface area contributed by atoms with E-state index in [1.165, 1.54) is 6.07 Å². The van der Waals surface area contributed by atoms with Crippen molar-refractivity contribution in [2.75, 3.05) is 0 Å². The second-order valence-corrected chi connectivity index (χ2v) is 8.12. The number of carbonyl (C=O) groups excluding carboxylic acids is 1. The van der Waals surface area contributed by atoms with Crippen molar-refractivity contribution in [2.24, 2.45) is 10.9 Å². The van der Waals surface area contributed by atoms with Crippen LogP contribution in [0.15, 0.2) is 16.3 Å². The van der Waals surface area contributed by atoms with Crippen LogP contribution < -0.4 is 16.2 Å². The highest BCUT2D eigenvalue weighted by Crippen LogP contribution is 2.26. The van der Waals surface area contributed by atoms with Gasteiger partial charge in [-0.15, -0.1) is 23.7 Å². The zero-order valence-electron chi connectivity index (χ0n) is 11.5. The van der Waals surface area contributed by atoms with E-state index in [0.29, 0.717) is 12.8 Å². The summed E-state index contributed by atoms with van der Waals surface area (Å²) in [6.07, 6.45) is 4.46. The molecule has 21 heavy (non-hydrogen) atoms. The third-order valence-electron chi connectivity index (χ3n) is 3.54. The van der Waals surface area contributed by atoms with E-state index in [0.717, 1.165) is 35.5 Å². The van der Waals surface area contributed by atoms with Gasteiger partial charge >= 0.3 is 0 Å². The zero-order chi connectivity index (χ0) is 14.8. The predicted octanol–water partition coefficient (Wildman–Crippen LogP) is 1.10. The van der Waals surface area contributed by atoms with Crippen molar-refractivity contribution in [1.82, 2.24) is 5.32 Å². The normalized spacial score (nSPS) is 17.8. The lowest BCUT2D eigenvalue weighted by atomic mass is 9.82. The average Bonchev–Trinajstić information content (AvgIpc) is 2.85. The van der Waals surface area contributed by atoms with E-state index in [4.69, 9.17) is 10.9 Å². The molecule has 1 heterocycles. The Kier molecular flexibility index (Phi) is 6.18. The SMILES string of the molecule is Cl.NC1(C(=O)NCc2ccc(S(N)(=O)=O)s2)CCCCC1. The van der Waals surface area contributed by atoms with E-state index in [9.17, 15) is 13.2 Å². The van der Waals surface area contributed by atoms with Crippen LogP contribution in [-0.4, -0.2) is 19.9 Å². The maximum atomic E-state index is 12.1. The first-order valence-corrected chi connectivity index (χ1v) is 8.86. The lowest BCUT2D eigenvalue weighted by Crippen LogP contribution is -2.54. The molecular weight excluding hydrogens is 334 g/mol. The smallest absolute Gasteiger partial charge is 0.247 e. The Bertz CT molecular complexity index is 595. The molecule has 120 valence electrons. The number of nitrogens with one attached hydrogen (secondary N) is 1. The largest absolute Gasteiger partial charge is 0.350 e. The minimum atomic E-state index is -3.67. The van der Waals surface area contributed by atoms with E-state index in [2.05, 4.69) is 5.32 Å². The van der Waals surface area contributed by atoms with Gasteiger partial charge in [0.15, 0.2) is 0 Å². The van der Waals surface area contributed by atoms with E-state index in [1.807, 2.05) is 0 Å². The van der Waals surface area contributed by atoms with Crippen molar-refractivity contribution >= 4 is 39.7 Å². The summed E-state index contributed by atoms with van der Waals surface area (Å²) >= 11 is 1.06. The van der Waals surface area contributed by atoms with Crippen LogP contribution in [0.4, 0.5) is 0 Å². The summed E-state index contributed by atoms with van der Waals surface area (Å²) in [6, 6.07) is 3.09. The van der Waals surface area contributed by atoms with Gasteiger partial charge in [0.1, 0.15) is 4.21 Å². The van der Waals surface area contributed by atoms with Crippen molar-refractivity contribution in [1.29, 1.82) is 0 Å². The van der Waals surface area contributed by atoms with Crippen LogP contribution in [0.5, 0.6) is 0 Å². The van der Waals surface area contributed by atoms with Gasteiger partial charge in [-0.1, -0.05) is 19.3 Å². The van der Waals surface area contributed by atoms with Crippen molar-refractivity contribution in [2.45, 2.75) is 48.4 Å². The van der Waals surface area contributed by atoms with Gasteiger partial charge in [0.05, 0.1) is 12.1 Å². The van der Waals surface area contributed by atoms with Crippen LogP contribution in [0.25, 0.3) is 0 Å². The number of rotatable bonds is 4. The van der Waals surface area contributed by atoms with E-state index in [-0.39, 0.29) is 29.1 Å². The molecule has 0 unspecified atom stereocenters. The zero-order valence-corrected chi connectivity index (χ0v) is 14.0. The molecule has 1 amide bonds. The number of halogens is 1. The van der Waals surface area contributed by atoms with E-state index >= 15 is 0 Å². The molecule has 0 aromatic carbocycles. The van der Waals surface area contributed by atoms with Crippen LogP contribution >= 0.6 is 23.7 Å². The average molecular weight is 354 g/mol. The Hall–Kier alpha value is -0.670. The molecule has 0 aliphatic heterocycles. The minimum absolute atomic E-state index is 0. The summed E-state index contributed by atoms with van der Waals surface area (Å²) in [5.74, 6) is -0.164. The van der Waals surface area contributed by atoms with E-state index < -0.39 is 15.6 Å². The van der Waals surface area contributed by atoms with E-state index in [1.54, 1.807) is 6.07 Å². The molecule has 0 atom stereocenters. The molecule has 1 aliphatic rings. The maximum Gasteiger partial charge on any atom is 0.247 e. The van der Waals surface area contributed by atoms with Gasteiger partial charge in [0, 0.05) is 4.88 Å². The number of primary sulfonamides is 1. The molecule has 0 bridgehead atoms. The van der Waals surface area contributed by atoms with Gasteiger partial charge < -0.3 is 11.1 Å². The topological polar surface area (TPSA) is 115 Å². The van der Waals surface area contributed by atoms with Gasteiger partial charge in [0.2, 0.25) is 15.9 Å². The van der Waals surface area contributed by atoms with Gasteiger partial charge in [-0.25, -0.2) is 13.6 Å². The minimum Gasteiger partial charge on any atom is -0.350 e. The van der Waals surface area contributed by atoms with Crippen molar-refractivity contribution < 1.29 is 13.2 Å². The Morgan fingerprint density at radius 3 is 2.43 bits per heavy atom. The second kappa shape index (κ2) is 7.06. The molecular formula is C12H20ClN3O3S2. The molecule has 1 aromatic heterocycles. The molecule has 9 heteroatoms. The van der Waals surface area contributed by atoms with Crippen LogP contribution in [-0.2, 0) is 21.4 Å². The number of hydrogen-bond donors (Lipinski definition) is 3. The molecule has 0 radical (unpaired) electrons. The highest BCUT2D eigenvalue weighted by molar-refractivity contribution is 7.91. The molecule has 6 nitrogen and oxygen atoms in total. The molecule has 1 aromatic rings. The van der Waals surface area contributed by atoms with Gasteiger partial charge in [-0.05, 0) is 25.0 Å². The summed E-state index contributed by atoms with van der Waals surface area (Å²) in [5, 5.41) is 7.82. The molecule has 0 saturated heterocycles. The van der Waals surface area contributed by atoms with Gasteiger partial charge in [-0.2, -0.15) is 0 Å². The number of thiophene rings is 1. The summed E-state index contributed by atoms with van der Waals surface area (Å²) in [7, 11) is -3.67. The fraction of sp³-hybridized carbons (Fsp3) is 0.583. The fourth-order valence-corrected chi connectivity index (χ4v) is 4.08. The van der Waals surface area contributed by atoms with Crippen LogP contribution in [0.1, 0.15) is 37.0 Å². The van der Waals surface area contributed by atoms with Crippen LogP contribution in [0.2, 0.25) is 0 Å². The highest BCUT2D eigenvalue weighted by atomic mass is 35.5. The first-order valence-electron chi connectivity index (χ1n) is 6.50. The second-order valence-electron chi connectivity index (χ2n) is 5.17. The number of nitrogens with two attached hydrogens (primary N) is 2. The molecule has 2 rings (SSSR count). The summed E-state index contributed by atoms with van der Waals surface area (Å²) in [5.41, 5.74) is 5.34. The summed E-state index contributed by atoms with van der Waals surface area (Å²) in [4.78, 5) is 12.9. The first-order chi connectivity index (χ1) is 9.31. The van der Waals surface area contributed by atoms with Gasteiger partial charge in [0.25, 0.3) is 0 Å². The lowest BCUT2D eigenvalue weighted by molar-refractivity contribution is -0.127. The number of sulfonamides is 1. The Labute approximate surface area is 134 Å². The molecule has 5 N–H and O–H groups in total. The molecule has 1 fully saturated rings. The van der Waals surface area contributed by atoms with Crippen molar-refractivity contribution in [3.63, 3.8) is 0 Å². The fourth-order valence-electron chi connectivity index (χ4n) is 2.36. The third-order valence-corrected chi connectivity index (χ3v) is 6.06. The maximum absolute atomic E-state index is 12.1. The number of carbonyl (C=O) groups is 1. The predicted molar refractivity (Wildman–Crippen MR) is 84.8 cm³/mol. The first kappa shape index (κ1) is 18.4. The number of amides is 1. The number of hydrogen-bond acceptors (Lipinski definition) is 5. The third kappa shape index (κ3) is 4.65. The van der Waals surface area contributed by atoms with Gasteiger partial charge in [-0.3, -0.25) is 4.79 Å². The summed E-state index contributed by atoms with van der Waals surface area (Å²) in [6.45, 7) is 0.276. The Balaban J connectivity index is 0.00000220. The van der Waals surface area contributed by atoms with Crippen molar-refractivity contribution in [3.05, 3.63) is 17.0 Å². The molecule has 1 saturated carbocycles. The summed E-state index contributed by atoms with van der Waals surface area (Å²) < 4.78 is 22.4. The Morgan fingerprint density at radius 1 is 1.29 bits per heavy atom. The highest BCUT2D eigenvalue weighted by Gasteiger charge is 2.34. The Morgan fingerprint density at radius 2 is 1.90 bits per heavy atom. The monoisotopic (exact) mass is 353 g/mol.